The lowest BCUT2D eigenvalue weighted by atomic mass is 9.93. The molecule has 0 aliphatic heterocycles. The molecule has 0 fully saturated rings. The van der Waals surface area contributed by atoms with Crippen LogP contribution >= 0.6 is 0 Å². The van der Waals surface area contributed by atoms with Gasteiger partial charge in [0, 0.05) is 0 Å². The molecule has 0 bridgehead atoms. The minimum atomic E-state index is -1.42. The van der Waals surface area contributed by atoms with E-state index in [-0.39, 0.29) is 0 Å². The fourth-order valence-corrected chi connectivity index (χ4v) is 2.60. The van der Waals surface area contributed by atoms with Gasteiger partial charge in [0.1, 0.15) is 30.3 Å². The summed E-state index contributed by atoms with van der Waals surface area (Å²) < 4.78 is 11.4. The summed E-state index contributed by atoms with van der Waals surface area (Å²) in [5, 5.41) is 11.4. The van der Waals surface area contributed by atoms with E-state index >= 15 is 0 Å². The maximum absolute atomic E-state index is 11.2. The summed E-state index contributed by atoms with van der Waals surface area (Å²) >= 11 is 0. The average molecular weight is 351 g/mol. The number of carboxylic acids is 1. The van der Waals surface area contributed by atoms with Crippen molar-refractivity contribution in [2.75, 3.05) is 13.2 Å². The molecule has 3 aromatic rings. The zero-order valence-electron chi connectivity index (χ0n) is 14.5. The van der Waals surface area contributed by atoms with Gasteiger partial charge in [0.05, 0.1) is 0 Å². The average Bonchev–Trinajstić information content (AvgIpc) is 2.65. The van der Waals surface area contributed by atoms with Crippen LogP contribution in [0.1, 0.15) is 12.5 Å². The van der Waals surface area contributed by atoms with Crippen LogP contribution in [0.25, 0.3) is 10.8 Å². The Labute approximate surface area is 152 Å². The molecule has 134 valence electrons. The monoisotopic (exact) mass is 351 g/mol. The maximum atomic E-state index is 11.2. The van der Waals surface area contributed by atoms with Gasteiger partial charge in [-0.05, 0) is 47.5 Å². The highest BCUT2D eigenvalue weighted by Gasteiger charge is 2.29. The number of carbonyl (C=O) groups is 1. The van der Waals surface area contributed by atoms with E-state index in [9.17, 15) is 4.79 Å². The first-order chi connectivity index (χ1) is 12.5. The number of carboxylic acid groups (broad SMARTS) is 1. The molecule has 3 aromatic carbocycles. The second-order valence-corrected chi connectivity index (χ2v) is 6.24. The third-order valence-corrected chi connectivity index (χ3v) is 4.24. The molecule has 3 rings (SSSR count). The number of ether oxygens (including phenoxy) is 2. The van der Waals surface area contributed by atoms with Crippen molar-refractivity contribution >= 4 is 16.7 Å². The first-order valence-electron chi connectivity index (χ1n) is 8.34. The lowest BCUT2D eigenvalue weighted by molar-refractivity contribution is -0.143. The van der Waals surface area contributed by atoms with Crippen molar-refractivity contribution in [2.24, 2.45) is 5.73 Å². The molecule has 0 aliphatic rings. The van der Waals surface area contributed by atoms with E-state index in [2.05, 4.69) is 6.07 Å². The zero-order chi connectivity index (χ0) is 18.6. The van der Waals surface area contributed by atoms with Crippen LogP contribution in [0.4, 0.5) is 0 Å². The van der Waals surface area contributed by atoms with E-state index in [1.165, 1.54) is 12.3 Å². The highest BCUT2D eigenvalue weighted by molar-refractivity contribution is 5.83. The van der Waals surface area contributed by atoms with Gasteiger partial charge < -0.3 is 20.3 Å². The smallest absolute Gasteiger partial charge is 0.328 e. The van der Waals surface area contributed by atoms with Gasteiger partial charge in [0.2, 0.25) is 0 Å². The number of nitrogens with two attached hydrogens (primary N) is 1. The first-order valence-corrected chi connectivity index (χ1v) is 8.34. The third kappa shape index (κ3) is 3.95. The van der Waals surface area contributed by atoms with Crippen molar-refractivity contribution in [2.45, 2.75) is 12.5 Å². The minimum Gasteiger partial charge on any atom is -0.490 e. The van der Waals surface area contributed by atoms with Crippen molar-refractivity contribution < 1.29 is 19.4 Å². The Morgan fingerprint density at radius 3 is 2.15 bits per heavy atom. The predicted molar refractivity (Wildman–Crippen MR) is 101 cm³/mol. The summed E-state index contributed by atoms with van der Waals surface area (Å²) in [4.78, 5) is 11.2. The lowest BCUT2D eigenvalue weighted by Crippen LogP contribution is -2.41. The lowest BCUT2D eigenvalue weighted by Gasteiger charge is -2.19. The maximum Gasteiger partial charge on any atom is 0.328 e. The molecule has 0 saturated heterocycles. The van der Waals surface area contributed by atoms with Gasteiger partial charge in [0.25, 0.3) is 0 Å². The molecule has 5 heteroatoms. The Kier molecular flexibility index (Phi) is 5.09. The molecule has 1 atom stereocenters. The summed E-state index contributed by atoms with van der Waals surface area (Å²) in [6.45, 7) is 2.25. The molecule has 0 spiro atoms. The normalized spacial score (nSPS) is 13.2. The molecule has 0 amide bonds. The number of aliphatic carboxylic acids is 1. The molecule has 26 heavy (non-hydrogen) atoms. The van der Waals surface area contributed by atoms with E-state index in [1.54, 1.807) is 24.3 Å². The molecular formula is C21H21NO4. The molecule has 0 unspecified atom stereocenters. The quantitative estimate of drug-likeness (QED) is 0.636. The SMILES string of the molecule is C[C@@](N)(C(=O)O)c1ccc(OCCOc2ccc3ccccc3c2)cc1. The zero-order valence-corrected chi connectivity index (χ0v) is 14.5. The third-order valence-electron chi connectivity index (χ3n) is 4.24. The first kappa shape index (κ1) is 17.8. The van der Waals surface area contributed by atoms with Gasteiger partial charge in [-0.1, -0.05) is 42.5 Å². The minimum absolute atomic E-state index is 0.380. The van der Waals surface area contributed by atoms with Crippen molar-refractivity contribution in [3.8, 4) is 11.5 Å². The molecule has 3 N–H and O–H groups in total. The van der Waals surface area contributed by atoms with Gasteiger partial charge >= 0.3 is 5.97 Å². The van der Waals surface area contributed by atoms with Gasteiger partial charge in [-0.3, -0.25) is 0 Å². The molecule has 0 aliphatic carbocycles. The van der Waals surface area contributed by atoms with E-state index < -0.39 is 11.5 Å². The highest BCUT2D eigenvalue weighted by atomic mass is 16.5. The van der Waals surface area contributed by atoms with Crippen molar-refractivity contribution in [1.29, 1.82) is 0 Å². The Hall–Kier alpha value is -3.05. The number of hydrogen-bond acceptors (Lipinski definition) is 4. The van der Waals surface area contributed by atoms with Gasteiger partial charge in [-0.2, -0.15) is 0 Å². The Bertz CT molecular complexity index is 903. The number of hydrogen-bond donors (Lipinski definition) is 2. The fourth-order valence-electron chi connectivity index (χ4n) is 2.60. The van der Waals surface area contributed by atoms with E-state index in [0.717, 1.165) is 11.1 Å². The number of rotatable bonds is 7. The van der Waals surface area contributed by atoms with E-state index in [4.69, 9.17) is 20.3 Å². The standard InChI is InChI=1S/C21H21NO4/c1-21(22,20(23)24)17-7-10-18(11-8-17)25-12-13-26-19-9-6-15-4-2-3-5-16(15)14-19/h2-11,14H,12-13,22H2,1H3,(H,23,24)/t21-/m0/s1. The van der Waals surface area contributed by atoms with Crippen LogP contribution in [-0.2, 0) is 10.3 Å². The molecular weight excluding hydrogens is 330 g/mol. The van der Waals surface area contributed by atoms with Gasteiger partial charge in [0.15, 0.2) is 0 Å². The van der Waals surface area contributed by atoms with Crippen LogP contribution in [0.5, 0.6) is 11.5 Å². The Balaban J connectivity index is 1.52. The van der Waals surface area contributed by atoms with Crippen LogP contribution < -0.4 is 15.2 Å². The fraction of sp³-hybridized carbons (Fsp3) is 0.190. The summed E-state index contributed by atoms with van der Waals surface area (Å²) in [5.41, 5.74) is 4.90. The van der Waals surface area contributed by atoms with Crippen LogP contribution in [0.3, 0.4) is 0 Å². The predicted octanol–water partition coefficient (Wildman–Crippen LogP) is 3.56. The van der Waals surface area contributed by atoms with E-state index in [1.807, 2.05) is 36.4 Å². The largest absolute Gasteiger partial charge is 0.490 e. The second-order valence-electron chi connectivity index (χ2n) is 6.24. The summed E-state index contributed by atoms with van der Waals surface area (Å²) in [5.74, 6) is 0.356. The van der Waals surface area contributed by atoms with Gasteiger partial charge in [-0.25, -0.2) is 4.79 Å². The van der Waals surface area contributed by atoms with Crippen molar-refractivity contribution in [3.05, 3.63) is 72.3 Å². The Morgan fingerprint density at radius 2 is 1.50 bits per heavy atom. The van der Waals surface area contributed by atoms with Crippen LogP contribution in [0.15, 0.2) is 66.7 Å². The number of fused-ring (bicyclic) bond motifs is 1. The van der Waals surface area contributed by atoms with Crippen molar-refractivity contribution in [3.63, 3.8) is 0 Å². The summed E-state index contributed by atoms with van der Waals surface area (Å²) in [6, 6.07) is 20.8. The molecule has 5 nitrogen and oxygen atoms in total. The Morgan fingerprint density at radius 1 is 0.923 bits per heavy atom. The van der Waals surface area contributed by atoms with Gasteiger partial charge in [-0.15, -0.1) is 0 Å². The second kappa shape index (κ2) is 7.45. The number of benzene rings is 3. The summed E-state index contributed by atoms with van der Waals surface area (Å²) in [7, 11) is 0. The topological polar surface area (TPSA) is 81.8 Å². The molecule has 0 radical (unpaired) electrons. The molecule has 0 saturated carbocycles. The van der Waals surface area contributed by atoms with Crippen LogP contribution in [-0.4, -0.2) is 24.3 Å². The van der Waals surface area contributed by atoms with Crippen LogP contribution in [0.2, 0.25) is 0 Å². The summed E-state index contributed by atoms with van der Waals surface area (Å²) in [6.07, 6.45) is 0. The van der Waals surface area contributed by atoms with Crippen molar-refractivity contribution in [1.82, 2.24) is 0 Å². The highest BCUT2D eigenvalue weighted by Crippen LogP contribution is 2.22. The van der Waals surface area contributed by atoms with Crippen LogP contribution in [0, 0.1) is 0 Å². The van der Waals surface area contributed by atoms with E-state index in [0.29, 0.717) is 24.5 Å². The molecule has 0 heterocycles. The molecule has 0 aromatic heterocycles.